The fraction of sp³-hybridized carbons (Fsp3) is 0.786. The van der Waals surface area contributed by atoms with Gasteiger partial charge >= 0.3 is 12.0 Å². The van der Waals surface area contributed by atoms with Gasteiger partial charge in [-0.15, -0.1) is 0 Å². The fourth-order valence-electron chi connectivity index (χ4n) is 3.67. The predicted octanol–water partition coefficient (Wildman–Crippen LogP) is 0.311. The van der Waals surface area contributed by atoms with E-state index in [1.807, 2.05) is 6.92 Å². The third-order valence-corrected chi connectivity index (χ3v) is 4.64. The van der Waals surface area contributed by atoms with Crippen LogP contribution in [-0.4, -0.2) is 42.1 Å². The molecule has 118 valence electrons. The van der Waals surface area contributed by atoms with Crippen LogP contribution in [0.25, 0.3) is 0 Å². The Hall–Kier alpha value is -1.79. The largest absolute Gasteiger partial charge is 0.480 e. The molecule has 0 heterocycles. The third kappa shape index (κ3) is 4.34. The minimum Gasteiger partial charge on any atom is -0.480 e. The highest BCUT2D eigenvalue weighted by atomic mass is 16.4. The zero-order valence-electron chi connectivity index (χ0n) is 12.2. The molecule has 0 aromatic heterocycles. The Balaban J connectivity index is 1.65. The smallest absolute Gasteiger partial charge is 0.322 e. The number of fused-ring (bicyclic) bond motifs is 2. The lowest BCUT2D eigenvalue weighted by Crippen LogP contribution is -2.48. The fourth-order valence-corrected chi connectivity index (χ4v) is 3.67. The Bertz CT molecular complexity index is 426. The van der Waals surface area contributed by atoms with Gasteiger partial charge in [0.1, 0.15) is 6.54 Å². The summed E-state index contributed by atoms with van der Waals surface area (Å²) >= 11 is 0. The summed E-state index contributed by atoms with van der Waals surface area (Å²) in [6.07, 6.45) is 5.06. The van der Waals surface area contributed by atoms with Gasteiger partial charge in [0.15, 0.2) is 0 Å². The minimum atomic E-state index is -1.11. The molecule has 0 aliphatic heterocycles. The van der Waals surface area contributed by atoms with Crippen LogP contribution in [0, 0.1) is 17.8 Å². The second-order valence-electron chi connectivity index (χ2n) is 6.12. The van der Waals surface area contributed by atoms with Crippen LogP contribution < -0.4 is 16.0 Å². The normalized spacial score (nSPS) is 28.0. The number of hydrogen-bond acceptors (Lipinski definition) is 3. The summed E-state index contributed by atoms with van der Waals surface area (Å²) in [6, 6.07) is -0.280. The maximum atomic E-state index is 11.7. The van der Waals surface area contributed by atoms with Crippen LogP contribution in [0.1, 0.15) is 32.6 Å². The molecule has 7 heteroatoms. The Kier molecular flexibility index (Phi) is 5.03. The van der Waals surface area contributed by atoms with Crippen molar-refractivity contribution in [1.29, 1.82) is 0 Å². The molecular formula is C14H23N3O4. The van der Waals surface area contributed by atoms with Gasteiger partial charge in [-0.25, -0.2) is 4.79 Å². The lowest BCUT2D eigenvalue weighted by molar-refractivity contribution is -0.137. The van der Waals surface area contributed by atoms with Crippen molar-refractivity contribution >= 4 is 17.9 Å². The molecule has 2 aliphatic carbocycles. The van der Waals surface area contributed by atoms with E-state index in [9.17, 15) is 14.4 Å². The van der Waals surface area contributed by atoms with Crippen molar-refractivity contribution in [1.82, 2.24) is 16.0 Å². The average molecular weight is 297 g/mol. The van der Waals surface area contributed by atoms with Gasteiger partial charge in [-0.05, 0) is 43.9 Å². The van der Waals surface area contributed by atoms with Crippen LogP contribution in [-0.2, 0) is 9.59 Å². The van der Waals surface area contributed by atoms with Gasteiger partial charge in [0.05, 0.1) is 6.54 Å². The van der Waals surface area contributed by atoms with E-state index in [4.69, 9.17) is 5.11 Å². The molecule has 2 aliphatic rings. The van der Waals surface area contributed by atoms with Gasteiger partial charge in [0.25, 0.3) is 0 Å². The second kappa shape index (κ2) is 6.78. The average Bonchev–Trinajstić information content (AvgIpc) is 3.05. The zero-order chi connectivity index (χ0) is 15.4. The van der Waals surface area contributed by atoms with Crippen molar-refractivity contribution in [3.05, 3.63) is 0 Å². The first kappa shape index (κ1) is 15.6. The highest BCUT2D eigenvalue weighted by Crippen LogP contribution is 2.49. The van der Waals surface area contributed by atoms with Gasteiger partial charge in [-0.1, -0.05) is 6.42 Å². The standard InChI is InChI=1S/C14H23N3O4/c1-8(11-5-9-2-3-10(11)4-9)17-14(21)16-6-12(18)15-7-13(19)20/h8-11H,2-7H2,1H3,(H,15,18)(H,19,20)(H2,16,17,21). The number of hydrogen-bond donors (Lipinski definition) is 4. The Morgan fingerprint density at radius 2 is 1.90 bits per heavy atom. The molecule has 2 bridgehead atoms. The van der Waals surface area contributed by atoms with Gasteiger partial charge in [0, 0.05) is 6.04 Å². The summed E-state index contributed by atoms with van der Waals surface area (Å²) < 4.78 is 0. The predicted molar refractivity (Wildman–Crippen MR) is 75.6 cm³/mol. The number of amides is 3. The number of carbonyl (C=O) groups is 3. The summed E-state index contributed by atoms with van der Waals surface area (Å²) in [7, 11) is 0. The van der Waals surface area contributed by atoms with Crippen LogP contribution in [0.2, 0.25) is 0 Å². The molecule has 2 rings (SSSR count). The Morgan fingerprint density at radius 3 is 2.48 bits per heavy atom. The number of nitrogens with one attached hydrogen (secondary N) is 3. The van der Waals surface area contributed by atoms with Crippen LogP contribution in [0.3, 0.4) is 0 Å². The van der Waals surface area contributed by atoms with Gasteiger partial charge in [0.2, 0.25) is 5.91 Å². The van der Waals surface area contributed by atoms with Crippen molar-refractivity contribution in [3.63, 3.8) is 0 Å². The number of carbonyl (C=O) groups excluding carboxylic acids is 2. The summed E-state index contributed by atoms with van der Waals surface area (Å²) in [4.78, 5) is 33.3. The highest BCUT2D eigenvalue weighted by molar-refractivity contribution is 5.86. The van der Waals surface area contributed by atoms with Crippen LogP contribution in [0.5, 0.6) is 0 Å². The molecule has 0 aromatic rings. The molecule has 3 amide bonds. The number of rotatable bonds is 6. The lowest BCUT2D eigenvalue weighted by atomic mass is 9.84. The minimum absolute atomic E-state index is 0.0994. The first-order valence-electron chi connectivity index (χ1n) is 7.48. The first-order valence-corrected chi connectivity index (χ1v) is 7.48. The SMILES string of the molecule is CC(NC(=O)NCC(=O)NCC(=O)O)C1CC2CCC1C2. The molecule has 21 heavy (non-hydrogen) atoms. The maximum absolute atomic E-state index is 11.7. The van der Waals surface area contributed by atoms with E-state index in [1.165, 1.54) is 25.7 Å². The van der Waals surface area contributed by atoms with E-state index >= 15 is 0 Å². The van der Waals surface area contributed by atoms with Crippen LogP contribution >= 0.6 is 0 Å². The lowest BCUT2D eigenvalue weighted by Gasteiger charge is -2.28. The molecule has 4 unspecified atom stereocenters. The van der Waals surface area contributed by atoms with Crippen LogP contribution in [0.15, 0.2) is 0 Å². The quantitative estimate of drug-likeness (QED) is 0.566. The second-order valence-corrected chi connectivity index (χ2v) is 6.12. The molecule has 2 fully saturated rings. The molecule has 4 N–H and O–H groups in total. The van der Waals surface area contributed by atoms with E-state index in [0.717, 1.165) is 11.8 Å². The molecular weight excluding hydrogens is 274 g/mol. The van der Waals surface area contributed by atoms with Crippen molar-refractivity contribution < 1.29 is 19.5 Å². The Morgan fingerprint density at radius 1 is 1.14 bits per heavy atom. The van der Waals surface area contributed by atoms with E-state index in [0.29, 0.717) is 5.92 Å². The van der Waals surface area contributed by atoms with Gasteiger partial charge in [-0.2, -0.15) is 0 Å². The summed E-state index contributed by atoms with van der Waals surface area (Å²) in [5.74, 6) is 0.464. The monoisotopic (exact) mass is 297 g/mol. The van der Waals surface area contributed by atoms with Crippen molar-refractivity contribution in [2.75, 3.05) is 13.1 Å². The molecule has 4 atom stereocenters. The zero-order valence-corrected chi connectivity index (χ0v) is 12.2. The maximum Gasteiger partial charge on any atom is 0.322 e. The number of carboxylic acids is 1. The first-order chi connectivity index (χ1) is 9.95. The summed E-state index contributed by atoms with van der Waals surface area (Å²) in [6.45, 7) is 1.35. The van der Waals surface area contributed by atoms with Crippen molar-refractivity contribution in [2.45, 2.75) is 38.6 Å². The van der Waals surface area contributed by atoms with Crippen molar-refractivity contribution in [3.8, 4) is 0 Å². The number of aliphatic carboxylic acids is 1. The molecule has 0 spiro atoms. The summed E-state index contributed by atoms with van der Waals surface area (Å²) in [5, 5.41) is 15.9. The molecule has 2 saturated carbocycles. The summed E-state index contributed by atoms with van der Waals surface area (Å²) in [5.41, 5.74) is 0. The number of carboxylic acid groups (broad SMARTS) is 1. The highest BCUT2D eigenvalue weighted by Gasteiger charge is 2.42. The third-order valence-electron chi connectivity index (χ3n) is 4.64. The van der Waals surface area contributed by atoms with Gasteiger partial charge in [-0.3, -0.25) is 9.59 Å². The van der Waals surface area contributed by atoms with Crippen molar-refractivity contribution in [2.24, 2.45) is 17.8 Å². The van der Waals surface area contributed by atoms with Gasteiger partial charge < -0.3 is 21.1 Å². The van der Waals surface area contributed by atoms with E-state index < -0.39 is 18.4 Å². The Labute approximate surface area is 123 Å². The molecule has 0 saturated heterocycles. The number of urea groups is 1. The molecule has 0 radical (unpaired) electrons. The van der Waals surface area contributed by atoms with E-state index in [1.54, 1.807) is 0 Å². The molecule has 0 aromatic carbocycles. The van der Waals surface area contributed by atoms with E-state index in [2.05, 4.69) is 16.0 Å². The topological polar surface area (TPSA) is 108 Å². The van der Waals surface area contributed by atoms with Crippen LogP contribution in [0.4, 0.5) is 4.79 Å². The molecule has 7 nitrogen and oxygen atoms in total. The van der Waals surface area contributed by atoms with E-state index in [-0.39, 0.29) is 18.6 Å².